The lowest BCUT2D eigenvalue weighted by Crippen LogP contribution is -2.17. The minimum Gasteiger partial charge on any atom is -0.460 e. The van der Waals surface area contributed by atoms with Crippen LogP contribution in [0, 0.1) is 6.92 Å². The summed E-state index contributed by atoms with van der Waals surface area (Å²) in [7, 11) is 0. The summed E-state index contributed by atoms with van der Waals surface area (Å²) in [5.74, 6) is -1.48. The summed E-state index contributed by atoms with van der Waals surface area (Å²) in [5, 5.41) is 0.688. The number of pyridine rings is 1. The molecule has 0 saturated heterocycles. The predicted octanol–water partition coefficient (Wildman–Crippen LogP) is 2.26. The van der Waals surface area contributed by atoms with Gasteiger partial charge in [-0.3, -0.25) is 9.78 Å². The van der Waals surface area contributed by atoms with E-state index in [0.29, 0.717) is 15.6 Å². The summed E-state index contributed by atoms with van der Waals surface area (Å²) in [6.07, 6.45) is 3.30. The van der Waals surface area contributed by atoms with E-state index in [2.05, 4.69) is 9.97 Å². The lowest BCUT2D eigenvalue weighted by Gasteiger charge is -1.98. The highest BCUT2D eigenvalue weighted by Gasteiger charge is 2.23. The second kappa shape index (κ2) is 5.71. The van der Waals surface area contributed by atoms with Crippen molar-refractivity contribution in [3.8, 4) is 10.6 Å². The Kier molecular flexibility index (Phi) is 4.01. The van der Waals surface area contributed by atoms with Gasteiger partial charge < -0.3 is 4.74 Å². The van der Waals surface area contributed by atoms with Gasteiger partial charge in [-0.05, 0) is 26.0 Å². The van der Waals surface area contributed by atoms with Crippen molar-refractivity contribution in [1.82, 2.24) is 9.97 Å². The molecule has 0 N–H and O–H groups in total. The van der Waals surface area contributed by atoms with Gasteiger partial charge in [-0.15, -0.1) is 11.3 Å². The fourth-order valence-electron chi connectivity index (χ4n) is 1.51. The Morgan fingerprint density at radius 3 is 2.63 bits per heavy atom. The highest BCUT2D eigenvalue weighted by molar-refractivity contribution is 7.17. The van der Waals surface area contributed by atoms with E-state index >= 15 is 0 Å². The minimum atomic E-state index is -0.837. The van der Waals surface area contributed by atoms with Gasteiger partial charge in [0.15, 0.2) is 0 Å². The number of Topliss-reactive ketones (excluding diaryl/α,β-unsaturated/α-hetero) is 1. The van der Waals surface area contributed by atoms with Crippen LogP contribution in [0.3, 0.4) is 0 Å². The third kappa shape index (κ3) is 2.85. The molecule has 0 amide bonds. The van der Waals surface area contributed by atoms with Gasteiger partial charge in [0, 0.05) is 18.0 Å². The van der Waals surface area contributed by atoms with Gasteiger partial charge in [-0.1, -0.05) is 0 Å². The zero-order valence-corrected chi connectivity index (χ0v) is 11.4. The third-order valence-corrected chi connectivity index (χ3v) is 3.60. The zero-order chi connectivity index (χ0) is 13.8. The van der Waals surface area contributed by atoms with Crippen LogP contribution in [0.25, 0.3) is 10.6 Å². The molecule has 19 heavy (non-hydrogen) atoms. The average molecular weight is 276 g/mol. The standard InChI is InChI=1S/C13H12N2O3S/c1-3-18-13(17)10(16)11-8(2)15-12(19-11)9-4-6-14-7-5-9/h4-7H,3H2,1-2H3. The molecule has 0 aliphatic rings. The van der Waals surface area contributed by atoms with Crippen LogP contribution in [0.4, 0.5) is 0 Å². The first-order valence-corrected chi connectivity index (χ1v) is 6.54. The lowest BCUT2D eigenvalue weighted by molar-refractivity contribution is -0.137. The molecule has 98 valence electrons. The molecule has 0 aliphatic heterocycles. The van der Waals surface area contributed by atoms with E-state index in [1.807, 2.05) is 0 Å². The van der Waals surface area contributed by atoms with E-state index < -0.39 is 11.8 Å². The number of aryl methyl sites for hydroxylation is 1. The molecule has 0 aliphatic carbocycles. The zero-order valence-electron chi connectivity index (χ0n) is 10.5. The van der Waals surface area contributed by atoms with Gasteiger partial charge in [0.05, 0.1) is 12.3 Å². The summed E-state index contributed by atoms with van der Waals surface area (Å²) in [4.78, 5) is 31.9. The Labute approximate surface area is 114 Å². The molecule has 0 atom stereocenters. The van der Waals surface area contributed by atoms with E-state index in [9.17, 15) is 9.59 Å². The largest absolute Gasteiger partial charge is 0.460 e. The normalized spacial score (nSPS) is 10.2. The van der Waals surface area contributed by atoms with E-state index in [-0.39, 0.29) is 6.61 Å². The molecule has 5 nitrogen and oxygen atoms in total. The van der Waals surface area contributed by atoms with Crippen LogP contribution in [0.2, 0.25) is 0 Å². The summed E-state index contributed by atoms with van der Waals surface area (Å²) in [6, 6.07) is 3.60. The number of carbonyl (C=O) groups excluding carboxylic acids is 2. The topological polar surface area (TPSA) is 69.2 Å². The molecule has 6 heteroatoms. The van der Waals surface area contributed by atoms with Gasteiger partial charge >= 0.3 is 5.97 Å². The lowest BCUT2D eigenvalue weighted by atomic mass is 10.2. The number of hydrogen-bond donors (Lipinski definition) is 0. The number of nitrogens with zero attached hydrogens (tertiary/aromatic N) is 2. The molecule has 0 spiro atoms. The molecule has 0 bridgehead atoms. The quantitative estimate of drug-likeness (QED) is 0.486. The number of carbonyl (C=O) groups is 2. The van der Waals surface area contributed by atoms with Gasteiger partial charge in [-0.25, -0.2) is 9.78 Å². The third-order valence-electron chi connectivity index (χ3n) is 2.39. The predicted molar refractivity (Wildman–Crippen MR) is 71.0 cm³/mol. The molecule has 2 rings (SSSR count). The number of ether oxygens (including phenoxy) is 1. The highest BCUT2D eigenvalue weighted by atomic mass is 32.1. The molecule has 0 aromatic carbocycles. The number of hydrogen-bond acceptors (Lipinski definition) is 6. The van der Waals surface area contributed by atoms with Crippen LogP contribution < -0.4 is 0 Å². The fourth-order valence-corrected chi connectivity index (χ4v) is 2.51. The van der Waals surface area contributed by atoms with E-state index in [0.717, 1.165) is 5.56 Å². The van der Waals surface area contributed by atoms with Crippen molar-refractivity contribution in [1.29, 1.82) is 0 Å². The van der Waals surface area contributed by atoms with E-state index in [4.69, 9.17) is 4.74 Å². The molecule has 0 radical (unpaired) electrons. The van der Waals surface area contributed by atoms with Crippen molar-refractivity contribution < 1.29 is 14.3 Å². The Morgan fingerprint density at radius 2 is 2.00 bits per heavy atom. The van der Waals surface area contributed by atoms with E-state index in [1.54, 1.807) is 38.4 Å². The minimum absolute atomic E-state index is 0.180. The van der Waals surface area contributed by atoms with Crippen molar-refractivity contribution in [3.05, 3.63) is 35.1 Å². The second-order valence-electron chi connectivity index (χ2n) is 3.72. The second-order valence-corrected chi connectivity index (χ2v) is 4.72. The summed E-state index contributed by atoms with van der Waals surface area (Å²) in [6.45, 7) is 3.54. The van der Waals surface area contributed by atoms with Gasteiger partial charge in [0.25, 0.3) is 5.78 Å². The smallest absolute Gasteiger partial charge is 0.380 e. The maximum atomic E-state index is 11.9. The molecule has 2 heterocycles. The molecular weight excluding hydrogens is 264 g/mol. The Hall–Kier alpha value is -2.08. The first kappa shape index (κ1) is 13.4. The molecule has 0 fully saturated rings. The first-order valence-electron chi connectivity index (χ1n) is 5.72. The Balaban J connectivity index is 2.32. The summed E-state index contributed by atoms with van der Waals surface area (Å²) in [5.41, 5.74) is 1.40. The molecule has 2 aromatic rings. The van der Waals surface area contributed by atoms with Crippen LogP contribution in [0.1, 0.15) is 22.3 Å². The molecule has 0 saturated carbocycles. The monoisotopic (exact) mass is 276 g/mol. The number of rotatable bonds is 4. The first-order chi connectivity index (χ1) is 9.13. The fraction of sp³-hybridized carbons (Fsp3) is 0.231. The number of ketones is 1. The van der Waals surface area contributed by atoms with Crippen LogP contribution >= 0.6 is 11.3 Å². The Bertz CT molecular complexity index is 608. The van der Waals surface area contributed by atoms with Crippen LogP contribution in [0.5, 0.6) is 0 Å². The van der Waals surface area contributed by atoms with Crippen molar-refractivity contribution in [2.24, 2.45) is 0 Å². The molecular formula is C13H12N2O3S. The van der Waals surface area contributed by atoms with Crippen LogP contribution in [-0.4, -0.2) is 28.3 Å². The SMILES string of the molecule is CCOC(=O)C(=O)c1sc(-c2ccncc2)nc1C. The summed E-state index contributed by atoms with van der Waals surface area (Å²) >= 11 is 1.19. The van der Waals surface area contributed by atoms with Crippen molar-refractivity contribution in [2.45, 2.75) is 13.8 Å². The molecule has 2 aromatic heterocycles. The molecule has 0 unspecified atom stereocenters. The van der Waals surface area contributed by atoms with Crippen molar-refractivity contribution in [2.75, 3.05) is 6.61 Å². The number of aromatic nitrogens is 2. The van der Waals surface area contributed by atoms with Crippen molar-refractivity contribution in [3.63, 3.8) is 0 Å². The maximum Gasteiger partial charge on any atom is 0.380 e. The van der Waals surface area contributed by atoms with Crippen molar-refractivity contribution >= 4 is 23.1 Å². The van der Waals surface area contributed by atoms with Crippen LogP contribution in [0.15, 0.2) is 24.5 Å². The maximum absolute atomic E-state index is 11.9. The van der Waals surface area contributed by atoms with E-state index in [1.165, 1.54) is 11.3 Å². The highest BCUT2D eigenvalue weighted by Crippen LogP contribution is 2.27. The Morgan fingerprint density at radius 1 is 1.32 bits per heavy atom. The van der Waals surface area contributed by atoms with Gasteiger partial charge in [0.2, 0.25) is 0 Å². The van der Waals surface area contributed by atoms with Crippen LogP contribution in [-0.2, 0) is 9.53 Å². The van der Waals surface area contributed by atoms with Gasteiger partial charge in [0.1, 0.15) is 9.88 Å². The average Bonchev–Trinajstić information content (AvgIpc) is 2.81. The van der Waals surface area contributed by atoms with Gasteiger partial charge in [-0.2, -0.15) is 0 Å². The number of esters is 1. The summed E-state index contributed by atoms with van der Waals surface area (Å²) < 4.78 is 4.71. The number of thiazole rings is 1.